The molecule has 0 spiro atoms. The largest absolute Gasteiger partial charge is 0.492 e. The number of benzene rings is 1. The molecule has 4 nitrogen and oxygen atoms in total. The van der Waals surface area contributed by atoms with Gasteiger partial charge in [-0.15, -0.1) is 0 Å². The van der Waals surface area contributed by atoms with Gasteiger partial charge in [0.25, 0.3) is 0 Å². The first-order chi connectivity index (χ1) is 7.65. The van der Waals surface area contributed by atoms with Crippen LogP contribution < -0.4 is 10.2 Å². The molecule has 0 unspecified atom stereocenters. The van der Waals surface area contributed by atoms with Gasteiger partial charge in [0, 0.05) is 12.1 Å². The summed E-state index contributed by atoms with van der Waals surface area (Å²) in [6, 6.07) is 5.29. The Kier molecular flexibility index (Phi) is 5.32. The predicted molar refractivity (Wildman–Crippen MR) is 63.0 cm³/mol. The molecule has 88 valence electrons. The van der Waals surface area contributed by atoms with Crippen LogP contribution in [-0.2, 0) is 4.74 Å². The minimum Gasteiger partial charge on any atom is -0.492 e. The number of hydrogen-bond donors (Lipinski definition) is 2. The van der Waals surface area contributed by atoms with Crippen molar-refractivity contribution in [2.24, 2.45) is 0 Å². The minimum absolute atomic E-state index is 0.386. The normalized spacial score (nSPS) is 10.2. The summed E-state index contributed by atoms with van der Waals surface area (Å²) in [5.41, 5.74) is 1.34. The van der Waals surface area contributed by atoms with Gasteiger partial charge in [-0.1, -0.05) is 17.7 Å². The smallest absolute Gasteiger partial charge is 0.492 e. The first-order valence-electron chi connectivity index (χ1n) is 5.32. The summed E-state index contributed by atoms with van der Waals surface area (Å²) in [5, 5.41) is 18.4. The summed E-state index contributed by atoms with van der Waals surface area (Å²) in [6.45, 7) is 5.33. The van der Waals surface area contributed by atoms with Crippen molar-refractivity contribution >= 4 is 12.6 Å². The van der Waals surface area contributed by atoms with Gasteiger partial charge in [-0.3, -0.25) is 0 Å². The van der Waals surface area contributed by atoms with E-state index in [9.17, 15) is 10.0 Å². The SMILES string of the molecule is CCOCCOc1ccc(C)cc1B(O)O. The number of rotatable bonds is 6. The van der Waals surface area contributed by atoms with Gasteiger partial charge in [-0.05, 0) is 19.9 Å². The fourth-order valence-corrected chi connectivity index (χ4v) is 1.36. The lowest BCUT2D eigenvalue weighted by Gasteiger charge is -2.11. The maximum absolute atomic E-state index is 9.18. The van der Waals surface area contributed by atoms with Crippen LogP contribution in [0.5, 0.6) is 5.75 Å². The quantitative estimate of drug-likeness (QED) is 0.531. The Morgan fingerprint density at radius 2 is 2.00 bits per heavy atom. The van der Waals surface area contributed by atoms with Crippen LogP contribution in [0.25, 0.3) is 0 Å². The van der Waals surface area contributed by atoms with E-state index in [1.807, 2.05) is 19.9 Å². The van der Waals surface area contributed by atoms with Crippen molar-refractivity contribution in [3.63, 3.8) is 0 Å². The topological polar surface area (TPSA) is 58.9 Å². The Balaban J connectivity index is 2.64. The summed E-state index contributed by atoms with van der Waals surface area (Å²) in [7, 11) is -1.51. The van der Waals surface area contributed by atoms with Crippen molar-refractivity contribution in [3.05, 3.63) is 23.8 Å². The molecule has 16 heavy (non-hydrogen) atoms. The molecule has 2 N–H and O–H groups in total. The van der Waals surface area contributed by atoms with E-state index >= 15 is 0 Å². The average Bonchev–Trinajstić information content (AvgIpc) is 2.26. The van der Waals surface area contributed by atoms with Crippen LogP contribution in [0.2, 0.25) is 0 Å². The zero-order valence-corrected chi connectivity index (χ0v) is 9.64. The second-order valence-corrected chi connectivity index (χ2v) is 3.46. The molecule has 1 rings (SSSR count). The zero-order valence-electron chi connectivity index (χ0n) is 9.64. The standard InChI is InChI=1S/C11H17BO4/c1-3-15-6-7-16-11-5-4-9(2)8-10(11)12(13)14/h4-5,8,13-14H,3,6-7H2,1-2H3. The Labute approximate surface area is 96.0 Å². The third-order valence-electron chi connectivity index (χ3n) is 2.13. The van der Waals surface area contributed by atoms with Crippen molar-refractivity contribution in [2.45, 2.75) is 13.8 Å². The molecule has 0 aliphatic rings. The van der Waals surface area contributed by atoms with Crippen LogP contribution in [0.4, 0.5) is 0 Å². The highest BCUT2D eigenvalue weighted by molar-refractivity contribution is 6.59. The van der Waals surface area contributed by atoms with Crippen molar-refractivity contribution in [1.82, 2.24) is 0 Å². The highest BCUT2D eigenvalue weighted by atomic mass is 16.5. The molecule has 0 aliphatic heterocycles. The fraction of sp³-hybridized carbons (Fsp3) is 0.455. The molecular formula is C11H17BO4. The summed E-state index contributed by atoms with van der Waals surface area (Å²) in [5.74, 6) is 0.486. The van der Waals surface area contributed by atoms with E-state index in [0.29, 0.717) is 31.0 Å². The molecule has 0 aliphatic carbocycles. The monoisotopic (exact) mass is 224 g/mol. The van der Waals surface area contributed by atoms with E-state index in [4.69, 9.17) is 9.47 Å². The van der Waals surface area contributed by atoms with Gasteiger partial charge in [0.1, 0.15) is 12.4 Å². The Morgan fingerprint density at radius 1 is 1.25 bits per heavy atom. The number of hydrogen-bond acceptors (Lipinski definition) is 4. The van der Waals surface area contributed by atoms with E-state index in [2.05, 4.69) is 0 Å². The van der Waals surface area contributed by atoms with Crippen molar-refractivity contribution in [2.75, 3.05) is 19.8 Å². The second-order valence-electron chi connectivity index (χ2n) is 3.46. The highest BCUT2D eigenvalue weighted by Crippen LogP contribution is 2.09. The van der Waals surface area contributed by atoms with E-state index in [0.717, 1.165) is 5.56 Å². The first-order valence-corrected chi connectivity index (χ1v) is 5.32. The lowest BCUT2D eigenvalue weighted by atomic mass is 9.79. The summed E-state index contributed by atoms with van der Waals surface area (Å²) < 4.78 is 10.5. The molecule has 1 aromatic rings. The highest BCUT2D eigenvalue weighted by Gasteiger charge is 2.17. The van der Waals surface area contributed by atoms with E-state index < -0.39 is 7.12 Å². The van der Waals surface area contributed by atoms with Crippen LogP contribution in [0, 0.1) is 6.92 Å². The maximum atomic E-state index is 9.18. The molecule has 0 saturated heterocycles. The van der Waals surface area contributed by atoms with E-state index in [-0.39, 0.29) is 0 Å². The molecule has 0 radical (unpaired) electrons. The van der Waals surface area contributed by atoms with Crippen LogP contribution in [-0.4, -0.2) is 37.0 Å². The minimum atomic E-state index is -1.51. The zero-order chi connectivity index (χ0) is 12.0. The Bertz CT molecular complexity index is 328. The van der Waals surface area contributed by atoms with Gasteiger partial charge in [-0.25, -0.2) is 0 Å². The van der Waals surface area contributed by atoms with Gasteiger partial charge in [0.2, 0.25) is 0 Å². The molecule has 0 bridgehead atoms. The van der Waals surface area contributed by atoms with Gasteiger partial charge in [0.15, 0.2) is 0 Å². The molecule has 0 atom stereocenters. The maximum Gasteiger partial charge on any atom is 0.492 e. The van der Waals surface area contributed by atoms with Crippen LogP contribution in [0.1, 0.15) is 12.5 Å². The van der Waals surface area contributed by atoms with E-state index in [1.165, 1.54) is 0 Å². The second kappa shape index (κ2) is 6.53. The molecule has 1 aromatic carbocycles. The van der Waals surface area contributed by atoms with Crippen LogP contribution >= 0.6 is 0 Å². The molecule has 0 saturated carbocycles. The average molecular weight is 224 g/mol. The summed E-state index contributed by atoms with van der Waals surface area (Å²) in [4.78, 5) is 0. The molecule has 0 heterocycles. The third kappa shape index (κ3) is 3.85. The molecule has 0 aromatic heterocycles. The first kappa shape index (κ1) is 13.0. The Hall–Kier alpha value is -1.04. The molecule has 0 fully saturated rings. The van der Waals surface area contributed by atoms with Gasteiger partial charge in [-0.2, -0.15) is 0 Å². The van der Waals surface area contributed by atoms with Crippen molar-refractivity contribution < 1.29 is 19.5 Å². The number of aryl methyl sites for hydroxylation is 1. The molecular weight excluding hydrogens is 207 g/mol. The predicted octanol–water partition coefficient (Wildman–Crippen LogP) is 0.0901. The third-order valence-corrected chi connectivity index (χ3v) is 2.13. The molecule has 5 heteroatoms. The van der Waals surface area contributed by atoms with Crippen LogP contribution in [0.3, 0.4) is 0 Å². The van der Waals surface area contributed by atoms with Crippen molar-refractivity contribution in [1.29, 1.82) is 0 Å². The van der Waals surface area contributed by atoms with Gasteiger partial charge in [0.05, 0.1) is 6.61 Å². The molecule has 0 amide bonds. The van der Waals surface area contributed by atoms with Gasteiger partial charge < -0.3 is 19.5 Å². The lowest BCUT2D eigenvalue weighted by Crippen LogP contribution is -2.32. The summed E-state index contributed by atoms with van der Waals surface area (Å²) in [6.07, 6.45) is 0. The van der Waals surface area contributed by atoms with E-state index in [1.54, 1.807) is 12.1 Å². The Morgan fingerprint density at radius 3 is 2.62 bits per heavy atom. The summed E-state index contributed by atoms with van der Waals surface area (Å²) >= 11 is 0. The van der Waals surface area contributed by atoms with Gasteiger partial charge >= 0.3 is 7.12 Å². The lowest BCUT2D eigenvalue weighted by molar-refractivity contribution is 0.110. The number of ether oxygens (including phenoxy) is 2. The van der Waals surface area contributed by atoms with Crippen molar-refractivity contribution in [3.8, 4) is 5.75 Å². The fourth-order valence-electron chi connectivity index (χ4n) is 1.36. The van der Waals surface area contributed by atoms with Crippen LogP contribution in [0.15, 0.2) is 18.2 Å².